The molecule has 0 bridgehead atoms. The lowest BCUT2D eigenvalue weighted by Gasteiger charge is -2.11. The fourth-order valence-electron chi connectivity index (χ4n) is 2.20. The van der Waals surface area contributed by atoms with Crippen LogP contribution in [0.1, 0.15) is 27.3 Å². The van der Waals surface area contributed by atoms with E-state index >= 15 is 0 Å². The van der Waals surface area contributed by atoms with Crippen molar-refractivity contribution < 1.29 is 14.6 Å². The SMILES string of the molecule is COc1ccc(C)cc1Cn1nnc(C(=O)O)c1CCN. The predicted octanol–water partition coefficient (Wildman–Crippen LogP) is 0.843. The first-order valence-corrected chi connectivity index (χ1v) is 6.56. The summed E-state index contributed by atoms with van der Waals surface area (Å²) in [6, 6.07) is 5.81. The van der Waals surface area contributed by atoms with Crippen LogP contribution in [0.25, 0.3) is 0 Å². The van der Waals surface area contributed by atoms with Crippen molar-refractivity contribution in [2.75, 3.05) is 13.7 Å². The van der Waals surface area contributed by atoms with Gasteiger partial charge >= 0.3 is 5.97 Å². The van der Waals surface area contributed by atoms with Gasteiger partial charge in [0.1, 0.15) is 5.75 Å². The molecular weight excluding hydrogens is 272 g/mol. The zero-order valence-electron chi connectivity index (χ0n) is 12.0. The molecule has 1 aromatic heterocycles. The number of carboxylic acids is 1. The van der Waals surface area contributed by atoms with Crippen molar-refractivity contribution >= 4 is 5.97 Å². The summed E-state index contributed by atoms with van der Waals surface area (Å²) in [7, 11) is 1.60. The maximum absolute atomic E-state index is 11.2. The van der Waals surface area contributed by atoms with Crippen molar-refractivity contribution in [1.29, 1.82) is 0 Å². The van der Waals surface area contributed by atoms with Crippen LogP contribution in [0.2, 0.25) is 0 Å². The molecule has 1 aromatic carbocycles. The fourth-order valence-corrected chi connectivity index (χ4v) is 2.20. The summed E-state index contributed by atoms with van der Waals surface area (Å²) in [5.74, 6) is -0.368. The van der Waals surface area contributed by atoms with E-state index in [0.717, 1.165) is 16.9 Å². The molecule has 0 unspecified atom stereocenters. The van der Waals surface area contributed by atoms with Crippen molar-refractivity contribution in [3.05, 3.63) is 40.7 Å². The van der Waals surface area contributed by atoms with E-state index in [-0.39, 0.29) is 5.69 Å². The van der Waals surface area contributed by atoms with E-state index in [4.69, 9.17) is 15.6 Å². The molecule has 0 aliphatic rings. The van der Waals surface area contributed by atoms with Gasteiger partial charge in [-0.25, -0.2) is 9.48 Å². The Balaban J connectivity index is 2.39. The number of benzene rings is 1. The number of hydrogen-bond acceptors (Lipinski definition) is 5. The van der Waals surface area contributed by atoms with Gasteiger partial charge in [-0.1, -0.05) is 22.9 Å². The van der Waals surface area contributed by atoms with Crippen LogP contribution in [0.3, 0.4) is 0 Å². The minimum atomic E-state index is -1.10. The Bertz CT molecular complexity index is 652. The Morgan fingerprint density at radius 3 is 2.86 bits per heavy atom. The lowest BCUT2D eigenvalue weighted by molar-refractivity contribution is 0.0689. The number of ether oxygens (including phenoxy) is 1. The van der Waals surface area contributed by atoms with Gasteiger partial charge in [-0.05, 0) is 19.5 Å². The van der Waals surface area contributed by atoms with E-state index < -0.39 is 5.97 Å². The number of hydrogen-bond donors (Lipinski definition) is 2. The number of aryl methyl sites for hydroxylation is 1. The van der Waals surface area contributed by atoms with E-state index in [2.05, 4.69) is 10.3 Å². The Morgan fingerprint density at radius 1 is 1.48 bits per heavy atom. The minimum absolute atomic E-state index is 0.0490. The smallest absolute Gasteiger partial charge is 0.358 e. The maximum Gasteiger partial charge on any atom is 0.358 e. The van der Waals surface area contributed by atoms with Gasteiger partial charge < -0.3 is 15.6 Å². The number of carboxylic acid groups (broad SMARTS) is 1. The molecule has 0 spiro atoms. The molecule has 112 valence electrons. The lowest BCUT2D eigenvalue weighted by Crippen LogP contribution is -2.14. The molecular formula is C14H18N4O3. The van der Waals surface area contributed by atoms with Crippen molar-refractivity contribution in [2.45, 2.75) is 19.9 Å². The molecule has 0 radical (unpaired) electrons. The Hall–Kier alpha value is -2.41. The third-order valence-corrected chi connectivity index (χ3v) is 3.18. The van der Waals surface area contributed by atoms with Gasteiger partial charge in [-0.2, -0.15) is 0 Å². The summed E-state index contributed by atoms with van der Waals surface area (Å²) in [5.41, 5.74) is 8.02. The van der Waals surface area contributed by atoms with Crippen LogP contribution in [0.4, 0.5) is 0 Å². The molecule has 2 aromatic rings. The third kappa shape index (κ3) is 3.19. The predicted molar refractivity (Wildman–Crippen MR) is 76.6 cm³/mol. The molecule has 0 fully saturated rings. The molecule has 0 saturated heterocycles. The van der Waals surface area contributed by atoms with Gasteiger partial charge in [-0.15, -0.1) is 5.10 Å². The van der Waals surface area contributed by atoms with Crippen LogP contribution < -0.4 is 10.5 Å². The number of nitrogens with zero attached hydrogens (tertiary/aromatic N) is 3. The summed E-state index contributed by atoms with van der Waals surface area (Å²) in [6.45, 7) is 2.70. The van der Waals surface area contributed by atoms with Gasteiger partial charge in [0.2, 0.25) is 0 Å². The number of carbonyl (C=O) groups is 1. The van der Waals surface area contributed by atoms with Gasteiger partial charge in [0.15, 0.2) is 5.69 Å². The topological polar surface area (TPSA) is 103 Å². The van der Waals surface area contributed by atoms with Gasteiger partial charge in [0.05, 0.1) is 19.3 Å². The second-order valence-corrected chi connectivity index (χ2v) is 4.70. The van der Waals surface area contributed by atoms with Crippen LogP contribution in [0, 0.1) is 6.92 Å². The highest BCUT2D eigenvalue weighted by molar-refractivity contribution is 5.86. The highest BCUT2D eigenvalue weighted by atomic mass is 16.5. The van der Waals surface area contributed by atoms with E-state index in [1.165, 1.54) is 0 Å². The summed E-state index contributed by atoms with van der Waals surface area (Å²) in [5, 5.41) is 16.8. The zero-order chi connectivity index (χ0) is 15.4. The standard InChI is InChI=1S/C14H18N4O3/c1-9-3-4-12(21-2)10(7-9)8-18-11(5-6-15)13(14(19)20)16-17-18/h3-4,7H,5-6,8,15H2,1-2H3,(H,19,20). The Labute approximate surface area is 122 Å². The van der Waals surface area contributed by atoms with Gasteiger partial charge in [0, 0.05) is 12.0 Å². The van der Waals surface area contributed by atoms with Gasteiger partial charge in [-0.3, -0.25) is 0 Å². The minimum Gasteiger partial charge on any atom is -0.496 e. The average Bonchev–Trinajstić information content (AvgIpc) is 2.83. The molecule has 21 heavy (non-hydrogen) atoms. The maximum atomic E-state index is 11.2. The van der Waals surface area contributed by atoms with Crippen LogP contribution in [-0.2, 0) is 13.0 Å². The summed E-state index contributed by atoms with van der Waals surface area (Å²) < 4.78 is 6.89. The fraction of sp³-hybridized carbons (Fsp3) is 0.357. The second-order valence-electron chi connectivity index (χ2n) is 4.70. The highest BCUT2D eigenvalue weighted by Crippen LogP contribution is 2.21. The summed E-state index contributed by atoms with van der Waals surface area (Å²) in [4.78, 5) is 11.2. The van der Waals surface area contributed by atoms with Crippen LogP contribution in [0.15, 0.2) is 18.2 Å². The van der Waals surface area contributed by atoms with Crippen molar-refractivity contribution in [2.24, 2.45) is 5.73 Å². The van der Waals surface area contributed by atoms with Crippen LogP contribution in [0.5, 0.6) is 5.75 Å². The summed E-state index contributed by atoms with van der Waals surface area (Å²) in [6.07, 6.45) is 0.406. The molecule has 1 heterocycles. The number of nitrogens with two attached hydrogens (primary N) is 1. The third-order valence-electron chi connectivity index (χ3n) is 3.18. The first-order chi connectivity index (χ1) is 10.1. The average molecular weight is 290 g/mol. The van der Waals surface area contributed by atoms with Crippen molar-refractivity contribution in [3.63, 3.8) is 0 Å². The number of methoxy groups -OCH3 is 1. The normalized spacial score (nSPS) is 10.6. The number of rotatable bonds is 6. The molecule has 3 N–H and O–H groups in total. The molecule has 0 aliphatic heterocycles. The second kappa shape index (κ2) is 6.36. The van der Waals surface area contributed by atoms with E-state index in [9.17, 15) is 4.79 Å². The first-order valence-electron chi connectivity index (χ1n) is 6.56. The van der Waals surface area contributed by atoms with E-state index in [1.807, 2.05) is 25.1 Å². The number of aromatic carboxylic acids is 1. The van der Waals surface area contributed by atoms with Crippen molar-refractivity contribution in [3.8, 4) is 5.75 Å². The zero-order valence-corrected chi connectivity index (χ0v) is 12.0. The highest BCUT2D eigenvalue weighted by Gasteiger charge is 2.19. The lowest BCUT2D eigenvalue weighted by atomic mass is 10.1. The molecule has 0 atom stereocenters. The first kappa shape index (κ1) is 15.0. The monoisotopic (exact) mass is 290 g/mol. The molecule has 7 nitrogen and oxygen atoms in total. The molecule has 0 amide bonds. The molecule has 0 aliphatic carbocycles. The van der Waals surface area contributed by atoms with Crippen LogP contribution >= 0.6 is 0 Å². The molecule has 7 heteroatoms. The Kier molecular flexibility index (Phi) is 4.54. The number of aromatic nitrogens is 3. The van der Waals surface area contributed by atoms with E-state index in [1.54, 1.807) is 11.8 Å². The van der Waals surface area contributed by atoms with Gasteiger partial charge in [0.25, 0.3) is 0 Å². The largest absolute Gasteiger partial charge is 0.496 e. The quantitative estimate of drug-likeness (QED) is 0.817. The summed E-state index contributed by atoms with van der Waals surface area (Å²) >= 11 is 0. The molecule has 0 saturated carbocycles. The molecule has 2 rings (SSSR count). The van der Waals surface area contributed by atoms with Crippen LogP contribution in [-0.4, -0.2) is 39.7 Å². The Morgan fingerprint density at radius 2 is 2.24 bits per heavy atom. The van der Waals surface area contributed by atoms with Crippen molar-refractivity contribution in [1.82, 2.24) is 15.0 Å². The van der Waals surface area contributed by atoms with E-state index in [0.29, 0.717) is 25.2 Å².